The Labute approximate surface area is 155 Å². The fourth-order valence-corrected chi connectivity index (χ4v) is 3.85. The highest BCUT2D eigenvalue weighted by Gasteiger charge is 2.19. The van der Waals surface area contributed by atoms with Gasteiger partial charge in [0.15, 0.2) is 15.1 Å². The number of thiazole rings is 1. The molecule has 0 fully saturated rings. The van der Waals surface area contributed by atoms with Gasteiger partial charge >= 0.3 is 5.97 Å². The van der Waals surface area contributed by atoms with Gasteiger partial charge in [-0.2, -0.15) is 0 Å². The summed E-state index contributed by atoms with van der Waals surface area (Å²) in [5.74, 6) is -0.494. The lowest BCUT2D eigenvalue weighted by Gasteiger charge is -2.00. The predicted octanol–water partition coefficient (Wildman–Crippen LogP) is 4.56. The molecule has 0 saturated heterocycles. The van der Waals surface area contributed by atoms with Crippen LogP contribution in [0.4, 0.5) is 0 Å². The van der Waals surface area contributed by atoms with Gasteiger partial charge in [0.1, 0.15) is 0 Å². The van der Waals surface area contributed by atoms with Crippen molar-refractivity contribution >= 4 is 52.3 Å². The highest BCUT2D eigenvalue weighted by Crippen LogP contribution is 2.35. The first-order valence-corrected chi connectivity index (χ1v) is 9.20. The van der Waals surface area contributed by atoms with Crippen LogP contribution < -0.4 is 0 Å². The normalized spacial score (nSPS) is 10.8. The number of halogens is 2. The SMILES string of the molecule is CCOC(=O)c1[nH]nnc1Sc1nc(-c2ccc(Cl)c(Cl)c2)cs1. The van der Waals surface area contributed by atoms with E-state index < -0.39 is 5.97 Å². The molecule has 0 spiro atoms. The summed E-state index contributed by atoms with van der Waals surface area (Å²) in [4.78, 5) is 16.3. The first-order chi connectivity index (χ1) is 11.6. The van der Waals surface area contributed by atoms with Crippen molar-refractivity contribution in [2.45, 2.75) is 16.3 Å². The molecule has 3 aromatic rings. The zero-order valence-corrected chi connectivity index (χ0v) is 15.4. The lowest BCUT2D eigenvalue weighted by molar-refractivity contribution is 0.0515. The number of nitrogens with zero attached hydrogens (tertiary/aromatic N) is 3. The molecule has 0 unspecified atom stereocenters. The Morgan fingerprint density at radius 2 is 2.21 bits per heavy atom. The summed E-state index contributed by atoms with van der Waals surface area (Å²) < 4.78 is 5.67. The van der Waals surface area contributed by atoms with Crippen LogP contribution >= 0.6 is 46.3 Å². The summed E-state index contributed by atoms with van der Waals surface area (Å²) in [6.07, 6.45) is 0. The van der Waals surface area contributed by atoms with Gasteiger partial charge in [0.05, 0.1) is 22.3 Å². The average molecular weight is 401 g/mol. The molecule has 24 heavy (non-hydrogen) atoms. The largest absolute Gasteiger partial charge is 0.461 e. The minimum atomic E-state index is -0.494. The van der Waals surface area contributed by atoms with Crippen LogP contribution in [0, 0.1) is 0 Å². The summed E-state index contributed by atoms with van der Waals surface area (Å²) in [5.41, 5.74) is 1.84. The van der Waals surface area contributed by atoms with Gasteiger partial charge in [-0.1, -0.05) is 34.5 Å². The maximum absolute atomic E-state index is 11.8. The highest BCUT2D eigenvalue weighted by molar-refractivity contribution is 8.01. The maximum Gasteiger partial charge on any atom is 0.359 e. The Hall–Kier alpha value is -1.61. The number of esters is 1. The molecule has 0 saturated carbocycles. The summed E-state index contributed by atoms with van der Waals surface area (Å²) in [6.45, 7) is 2.01. The number of nitrogens with one attached hydrogen (secondary N) is 1. The number of benzene rings is 1. The van der Waals surface area contributed by atoms with Crippen LogP contribution in [-0.4, -0.2) is 33.0 Å². The van der Waals surface area contributed by atoms with Crippen LogP contribution in [0.2, 0.25) is 10.0 Å². The highest BCUT2D eigenvalue weighted by atomic mass is 35.5. The average Bonchev–Trinajstić information content (AvgIpc) is 3.20. The van der Waals surface area contributed by atoms with Crippen LogP contribution in [0.15, 0.2) is 32.9 Å². The number of ether oxygens (including phenoxy) is 1. The van der Waals surface area contributed by atoms with Gasteiger partial charge in [-0.15, -0.1) is 16.4 Å². The van der Waals surface area contributed by atoms with Crippen LogP contribution in [-0.2, 0) is 4.74 Å². The van der Waals surface area contributed by atoms with Crippen LogP contribution in [0.3, 0.4) is 0 Å². The van der Waals surface area contributed by atoms with Crippen molar-refractivity contribution in [1.29, 1.82) is 0 Å². The van der Waals surface area contributed by atoms with Gasteiger partial charge in [0, 0.05) is 10.9 Å². The van der Waals surface area contributed by atoms with E-state index in [2.05, 4.69) is 20.4 Å². The quantitative estimate of drug-likeness (QED) is 0.631. The Kier molecular flexibility index (Phi) is 5.40. The Balaban J connectivity index is 1.81. The van der Waals surface area contributed by atoms with Crippen molar-refractivity contribution in [3.05, 3.63) is 39.3 Å². The third-order valence-corrected chi connectivity index (χ3v) is 5.54. The molecule has 2 heterocycles. The number of hydrogen-bond donors (Lipinski definition) is 1. The van der Waals surface area contributed by atoms with Crippen molar-refractivity contribution in [2.24, 2.45) is 0 Å². The number of H-pyrrole nitrogens is 1. The maximum atomic E-state index is 11.8. The second-order valence-corrected chi connectivity index (χ2v) is 7.35. The van der Waals surface area contributed by atoms with Crippen LogP contribution in [0.25, 0.3) is 11.3 Å². The second-order valence-electron chi connectivity index (χ2n) is 4.44. The van der Waals surface area contributed by atoms with Gasteiger partial charge in [-0.3, -0.25) is 5.10 Å². The summed E-state index contributed by atoms with van der Waals surface area (Å²) in [5, 5.41) is 13.4. The Morgan fingerprint density at radius 3 is 2.96 bits per heavy atom. The number of aromatic nitrogens is 4. The minimum absolute atomic E-state index is 0.216. The summed E-state index contributed by atoms with van der Waals surface area (Å²) >= 11 is 14.6. The fourth-order valence-electron chi connectivity index (χ4n) is 1.80. The lowest BCUT2D eigenvalue weighted by Crippen LogP contribution is -2.06. The molecule has 0 atom stereocenters. The molecule has 0 aliphatic heterocycles. The molecular weight excluding hydrogens is 391 g/mol. The van der Waals surface area contributed by atoms with Crippen molar-refractivity contribution in [2.75, 3.05) is 6.61 Å². The Bertz CT molecular complexity index is 881. The van der Waals surface area contributed by atoms with Gasteiger partial charge in [-0.25, -0.2) is 9.78 Å². The molecule has 0 bridgehead atoms. The standard InChI is InChI=1S/C14H10Cl2N4O2S2/c1-2-22-13(21)11-12(19-20-18-11)24-14-17-10(6-23-14)7-3-4-8(15)9(16)5-7/h3-6H,2H2,1H3,(H,18,19,20). The molecule has 0 amide bonds. The number of aromatic amines is 1. The van der Waals surface area contributed by atoms with Crippen LogP contribution in [0.1, 0.15) is 17.4 Å². The van der Waals surface area contributed by atoms with Crippen molar-refractivity contribution in [1.82, 2.24) is 20.4 Å². The van der Waals surface area contributed by atoms with Gasteiger partial charge in [0.25, 0.3) is 0 Å². The smallest absolute Gasteiger partial charge is 0.359 e. The van der Waals surface area contributed by atoms with Gasteiger partial charge in [-0.05, 0) is 30.8 Å². The molecule has 1 aromatic carbocycles. The Morgan fingerprint density at radius 1 is 1.38 bits per heavy atom. The zero-order valence-electron chi connectivity index (χ0n) is 12.2. The third-order valence-electron chi connectivity index (χ3n) is 2.88. The number of rotatable bonds is 5. The van der Waals surface area contributed by atoms with Crippen molar-refractivity contribution < 1.29 is 9.53 Å². The lowest BCUT2D eigenvalue weighted by atomic mass is 10.2. The number of hydrogen-bond acceptors (Lipinski definition) is 7. The van der Waals surface area contributed by atoms with Gasteiger partial charge < -0.3 is 4.74 Å². The summed E-state index contributed by atoms with van der Waals surface area (Å²) in [7, 11) is 0. The van der Waals surface area contributed by atoms with E-state index >= 15 is 0 Å². The predicted molar refractivity (Wildman–Crippen MR) is 94.0 cm³/mol. The van der Waals surface area contributed by atoms with E-state index in [4.69, 9.17) is 27.9 Å². The van der Waals surface area contributed by atoms with E-state index in [0.717, 1.165) is 15.6 Å². The zero-order chi connectivity index (χ0) is 17.1. The van der Waals surface area contributed by atoms with E-state index in [1.807, 2.05) is 11.4 Å². The fraction of sp³-hybridized carbons (Fsp3) is 0.143. The van der Waals surface area contributed by atoms with Crippen LogP contribution in [0.5, 0.6) is 0 Å². The van der Waals surface area contributed by atoms with E-state index in [9.17, 15) is 4.79 Å². The van der Waals surface area contributed by atoms with Crippen molar-refractivity contribution in [3.8, 4) is 11.3 Å². The van der Waals surface area contributed by atoms with E-state index in [0.29, 0.717) is 15.1 Å². The molecule has 0 radical (unpaired) electrons. The molecule has 2 aromatic heterocycles. The topological polar surface area (TPSA) is 80.8 Å². The molecule has 10 heteroatoms. The van der Waals surface area contributed by atoms with Crippen molar-refractivity contribution in [3.63, 3.8) is 0 Å². The molecule has 0 aliphatic carbocycles. The summed E-state index contributed by atoms with van der Waals surface area (Å²) in [6, 6.07) is 5.33. The number of carbonyl (C=O) groups is 1. The molecule has 124 valence electrons. The monoisotopic (exact) mass is 400 g/mol. The molecule has 3 rings (SSSR count). The molecule has 0 aliphatic rings. The molecular formula is C14H10Cl2N4O2S2. The van der Waals surface area contributed by atoms with E-state index in [1.54, 1.807) is 19.1 Å². The first kappa shape index (κ1) is 17.2. The number of carbonyl (C=O) groups excluding carboxylic acids is 1. The third kappa shape index (κ3) is 3.72. The minimum Gasteiger partial charge on any atom is -0.461 e. The van der Waals surface area contributed by atoms with Gasteiger partial charge in [0.2, 0.25) is 0 Å². The molecule has 1 N–H and O–H groups in total. The molecule has 6 nitrogen and oxygen atoms in total. The second kappa shape index (κ2) is 7.52. The van der Waals surface area contributed by atoms with E-state index in [1.165, 1.54) is 23.1 Å². The van der Waals surface area contributed by atoms with E-state index in [-0.39, 0.29) is 12.3 Å². The first-order valence-electron chi connectivity index (χ1n) is 6.75.